The molecule has 0 aliphatic carbocycles. The molecule has 1 aliphatic rings. The first-order valence-corrected chi connectivity index (χ1v) is 6.67. The van der Waals surface area contributed by atoms with Crippen LogP contribution in [0.25, 0.3) is 0 Å². The van der Waals surface area contributed by atoms with Crippen LogP contribution < -0.4 is 5.56 Å². The van der Waals surface area contributed by atoms with Crippen molar-refractivity contribution in [2.24, 2.45) is 0 Å². The summed E-state index contributed by atoms with van der Waals surface area (Å²) in [7, 11) is 2.04. The smallest absolute Gasteiger partial charge is 0.308 e. The largest absolute Gasteiger partial charge is 0.481 e. The minimum atomic E-state index is -0.954. The van der Waals surface area contributed by atoms with Gasteiger partial charge in [-0.3, -0.25) is 9.59 Å². The molecule has 0 saturated carbocycles. The maximum Gasteiger partial charge on any atom is 0.308 e. The Morgan fingerprint density at radius 3 is 2.84 bits per heavy atom. The highest BCUT2D eigenvalue weighted by atomic mass is 16.4. The van der Waals surface area contributed by atoms with Crippen molar-refractivity contribution in [2.45, 2.75) is 39.3 Å². The molecule has 5 heteroatoms. The van der Waals surface area contributed by atoms with Crippen LogP contribution in [0, 0.1) is 0 Å². The van der Waals surface area contributed by atoms with Crippen molar-refractivity contribution in [3.05, 3.63) is 33.2 Å². The fraction of sp³-hybridized carbons (Fsp3) is 0.571. The van der Waals surface area contributed by atoms with Gasteiger partial charge in [-0.25, -0.2) is 0 Å². The second-order valence-electron chi connectivity index (χ2n) is 5.16. The van der Waals surface area contributed by atoms with Crippen molar-refractivity contribution in [3.63, 3.8) is 0 Å². The lowest BCUT2D eigenvalue weighted by Gasteiger charge is -2.28. The van der Waals surface area contributed by atoms with Crippen molar-refractivity contribution in [2.75, 3.05) is 13.6 Å². The van der Waals surface area contributed by atoms with Gasteiger partial charge in [0, 0.05) is 37.3 Å². The quantitative estimate of drug-likeness (QED) is 0.876. The van der Waals surface area contributed by atoms with Crippen LogP contribution in [0.4, 0.5) is 0 Å². The molecular weight excluding hydrogens is 244 g/mol. The molecule has 1 aromatic heterocycles. The predicted octanol–water partition coefficient (Wildman–Crippen LogP) is 0.873. The topological polar surface area (TPSA) is 62.5 Å². The number of pyridine rings is 1. The molecule has 0 amide bonds. The molecule has 0 unspecified atom stereocenters. The number of carboxylic acids is 1. The number of aliphatic carboxylic acids is 1. The molecule has 2 rings (SSSR count). The number of aromatic nitrogens is 1. The number of carboxylic acid groups (broad SMARTS) is 1. The lowest BCUT2D eigenvalue weighted by atomic mass is 10.0. The number of hydrogen-bond acceptors (Lipinski definition) is 3. The van der Waals surface area contributed by atoms with E-state index in [1.807, 2.05) is 14.0 Å². The number of nitrogens with zero attached hydrogens (tertiary/aromatic N) is 2. The highest BCUT2D eigenvalue weighted by Gasteiger charge is 2.20. The molecule has 5 nitrogen and oxygen atoms in total. The van der Waals surface area contributed by atoms with Crippen molar-refractivity contribution in [1.82, 2.24) is 9.47 Å². The second kappa shape index (κ2) is 5.57. The van der Waals surface area contributed by atoms with Gasteiger partial charge in [0.15, 0.2) is 0 Å². The van der Waals surface area contributed by atoms with Crippen LogP contribution >= 0.6 is 0 Å². The number of fused-ring (bicyclic) bond motifs is 1. The minimum absolute atomic E-state index is 0.132. The van der Waals surface area contributed by atoms with Gasteiger partial charge in [-0.05, 0) is 25.1 Å². The van der Waals surface area contributed by atoms with Crippen LogP contribution in [0.15, 0.2) is 10.9 Å². The van der Waals surface area contributed by atoms with E-state index in [4.69, 9.17) is 5.11 Å². The lowest BCUT2D eigenvalue weighted by Crippen LogP contribution is -2.35. The first kappa shape index (κ1) is 13.8. The predicted molar refractivity (Wildman–Crippen MR) is 72.4 cm³/mol. The van der Waals surface area contributed by atoms with Gasteiger partial charge in [0.25, 0.3) is 5.56 Å². The Labute approximate surface area is 112 Å². The minimum Gasteiger partial charge on any atom is -0.481 e. The van der Waals surface area contributed by atoms with Crippen LogP contribution in [-0.2, 0) is 30.7 Å². The highest BCUT2D eigenvalue weighted by molar-refractivity contribution is 5.70. The molecule has 0 radical (unpaired) electrons. The molecule has 1 aromatic rings. The van der Waals surface area contributed by atoms with Crippen molar-refractivity contribution < 1.29 is 9.90 Å². The average Bonchev–Trinajstić information content (AvgIpc) is 2.33. The molecule has 19 heavy (non-hydrogen) atoms. The fourth-order valence-electron chi connectivity index (χ4n) is 2.67. The summed E-state index contributed by atoms with van der Waals surface area (Å²) in [5, 5.41) is 8.91. The normalized spacial score (nSPS) is 15.3. The molecule has 2 heterocycles. The number of rotatable bonds is 4. The van der Waals surface area contributed by atoms with E-state index in [0.717, 1.165) is 37.2 Å². The summed E-state index contributed by atoms with van der Waals surface area (Å²) in [6.45, 7) is 4.41. The summed E-state index contributed by atoms with van der Waals surface area (Å²) < 4.78 is 1.78. The van der Waals surface area contributed by atoms with Gasteiger partial charge >= 0.3 is 5.97 Å². The summed E-state index contributed by atoms with van der Waals surface area (Å²) >= 11 is 0. The summed E-state index contributed by atoms with van der Waals surface area (Å²) in [5.41, 5.74) is 2.44. The fourth-order valence-corrected chi connectivity index (χ4v) is 2.67. The molecule has 0 fully saturated rings. The van der Waals surface area contributed by atoms with Gasteiger partial charge in [-0.15, -0.1) is 0 Å². The van der Waals surface area contributed by atoms with Crippen molar-refractivity contribution in [1.29, 1.82) is 0 Å². The Morgan fingerprint density at radius 1 is 1.47 bits per heavy atom. The Hall–Kier alpha value is -1.62. The first-order chi connectivity index (χ1) is 9.02. The van der Waals surface area contributed by atoms with Gasteiger partial charge in [-0.1, -0.05) is 6.92 Å². The van der Waals surface area contributed by atoms with Gasteiger partial charge < -0.3 is 14.6 Å². The molecule has 0 aromatic carbocycles. The van der Waals surface area contributed by atoms with Crippen molar-refractivity contribution >= 4 is 5.97 Å². The van der Waals surface area contributed by atoms with E-state index in [-0.39, 0.29) is 12.0 Å². The van der Waals surface area contributed by atoms with Gasteiger partial charge in [0.1, 0.15) is 0 Å². The molecule has 104 valence electrons. The monoisotopic (exact) mass is 264 g/mol. The van der Waals surface area contributed by atoms with E-state index in [2.05, 4.69) is 4.90 Å². The Kier molecular flexibility index (Phi) is 4.04. The zero-order valence-electron chi connectivity index (χ0n) is 11.5. The maximum atomic E-state index is 12.3. The molecule has 0 bridgehead atoms. The molecule has 0 saturated heterocycles. The van der Waals surface area contributed by atoms with Gasteiger partial charge in [0.2, 0.25) is 0 Å². The van der Waals surface area contributed by atoms with E-state index >= 15 is 0 Å². The summed E-state index contributed by atoms with van der Waals surface area (Å²) in [6, 6.07) is 1.79. The van der Waals surface area contributed by atoms with Crippen LogP contribution in [0.2, 0.25) is 0 Å². The summed E-state index contributed by atoms with van der Waals surface area (Å²) in [6.07, 6.45) is 1.53. The third-order valence-corrected chi connectivity index (χ3v) is 3.52. The number of likely N-dealkylation sites (N-methyl/N-ethyl adjacent to an activating group) is 1. The Bertz CT molecular complexity index is 548. The SMILES string of the molecule is CCCn1c2c(cc(CC(=O)O)c1=O)CN(C)CC2. The van der Waals surface area contributed by atoms with Crippen LogP contribution in [0.5, 0.6) is 0 Å². The third-order valence-electron chi connectivity index (χ3n) is 3.52. The Morgan fingerprint density at radius 2 is 2.21 bits per heavy atom. The zero-order valence-corrected chi connectivity index (χ0v) is 11.5. The standard InChI is InChI=1S/C14H20N2O3/c1-3-5-16-12-4-6-15(2)9-11(12)7-10(14(16)19)8-13(17)18/h7H,3-6,8-9H2,1-2H3,(H,17,18). The molecule has 0 atom stereocenters. The lowest BCUT2D eigenvalue weighted by molar-refractivity contribution is -0.136. The Balaban J connectivity index is 2.53. The highest BCUT2D eigenvalue weighted by Crippen LogP contribution is 2.18. The van der Waals surface area contributed by atoms with Crippen molar-refractivity contribution in [3.8, 4) is 0 Å². The van der Waals surface area contributed by atoms with E-state index in [0.29, 0.717) is 12.1 Å². The zero-order chi connectivity index (χ0) is 14.0. The van der Waals surface area contributed by atoms with Crippen LogP contribution in [0.3, 0.4) is 0 Å². The van der Waals surface area contributed by atoms with Crippen LogP contribution in [-0.4, -0.2) is 34.1 Å². The second-order valence-corrected chi connectivity index (χ2v) is 5.16. The number of hydrogen-bond donors (Lipinski definition) is 1. The van der Waals surface area contributed by atoms with Gasteiger partial charge in [0.05, 0.1) is 6.42 Å². The van der Waals surface area contributed by atoms with E-state index in [1.54, 1.807) is 10.6 Å². The van der Waals surface area contributed by atoms with E-state index in [1.165, 1.54) is 0 Å². The average molecular weight is 264 g/mol. The molecular formula is C14H20N2O3. The van der Waals surface area contributed by atoms with E-state index < -0.39 is 5.97 Å². The van der Waals surface area contributed by atoms with Gasteiger partial charge in [-0.2, -0.15) is 0 Å². The van der Waals surface area contributed by atoms with Crippen LogP contribution in [0.1, 0.15) is 30.2 Å². The summed E-state index contributed by atoms with van der Waals surface area (Å²) in [4.78, 5) is 25.4. The summed E-state index contributed by atoms with van der Waals surface area (Å²) in [5.74, 6) is -0.954. The molecule has 1 aliphatic heterocycles. The third kappa shape index (κ3) is 2.87. The van der Waals surface area contributed by atoms with E-state index in [9.17, 15) is 9.59 Å². The maximum absolute atomic E-state index is 12.3. The molecule has 0 spiro atoms. The first-order valence-electron chi connectivity index (χ1n) is 6.67. The molecule has 1 N–H and O–H groups in total. The number of carbonyl (C=O) groups is 1.